The van der Waals surface area contributed by atoms with E-state index in [1.165, 1.54) is 0 Å². The summed E-state index contributed by atoms with van der Waals surface area (Å²) in [5.74, 6) is 0.609. The van der Waals surface area contributed by atoms with E-state index in [1.807, 2.05) is 24.3 Å². The van der Waals surface area contributed by atoms with Gasteiger partial charge in [-0.15, -0.1) is 0 Å². The summed E-state index contributed by atoms with van der Waals surface area (Å²) < 4.78 is 15.3. The molecule has 5 heteroatoms. The standard InChI is InChI=1S/C46H25N3O2/c1-2-11-28-26(10-1)20-23-34-42(28)47-46(48-43(34)35-16-9-15-32-30-13-4-7-18-40(30)50-44(32)35)49-38-17-6-3-12-29(38)37-25-36-27(24-39(37)49)21-22-33-31-14-5-8-19-41(31)51-45(33)36/h1-25H. The minimum atomic E-state index is 0.609. The molecule has 5 nitrogen and oxygen atoms in total. The second-order valence-corrected chi connectivity index (χ2v) is 13.3. The van der Waals surface area contributed by atoms with E-state index in [9.17, 15) is 0 Å². The van der Waals surface area contributed by atoms with Crippen LogP contribution in [0.15, 0.2) is 160 Å². The lowest BCUT2D eigenvalue weighted by molar-refractivity contribution is 0.670. The Morgan fingerprint density at radius 3 is 1.88 bits per heavy atom. The lowest BCUT2D eigenvalue weighted by Gasteiger charge is -2.13. The lowest BCUT2D eigenvalue weighted by Crippen LogP contribution is -2.04. The summed E-state index contributed by atoms with van der Waals surface area (Å²) in [7, 11) is 0. The summed E-state index contributed by atoms with van der Waals surface area (Å²) in [5.41, 5.74) is 8.22. The van der Waals surface area contributed by atoms with Crippen LogP contribution >= 0.6 is 0 Å². The van der Waals surface area contributed by atoms with Gasteiger partial charge in [-0.1, -0.05) is 103 Å². The van der Waals surface area contributed by atoms with Gasteiger partial charge >= 0.3 is 0 Å². The summed E-state index contributed by atoms with van der Waals surface area (Å²) in [6.07, 6.45) is 0. The van der Waals surface area contributed by atoms with Crippen molar-refractivity contribution in [3.8, 4) is 17.2 Å². The molecule has 4 aromatic heterocycles. The normalized spacial score (nSPS) is 12.3. The molecule has 8 aromatic carbocycles. The van der Waals surface area contributed by atoms with Crippen LogP contribution in [0.4, 0.5) is 0 Å². The third-order valence-corrected chi connectivity index (χ3v) is 10.6. The zero-order valence-electron chi connectivity index (χ0n) is 27.1. The van der Waals surface area contributed by atoms with Gasteiger partial charge in [0, 0.05) is 54.0 Å². The molecule has 12 rings (SSSR count). The first-order valence-electron chi connectivity index (χ1n) is 17.2. The highest BCUT2D eigenvalue weighted by atomic mass is 16.3. The first kappa shape index (κ1) is 26.9. The van der Waals surface area contributed by atoms with Gasteiger partial charge in [-0.25, -0.2) is 9.97 Å². The second kappa shape index (κ2) is 9.80. The van der Waals surface area contributed by atoms with Gasteiger partial charge in [-0.2, -0.15) is 0 Å². The number of hydrogen-bond acceptors (Lipinski definition) is 4. The van der Waals surface area contributed by atoms with E-state index in [1.54, 1.807) is 0 Å². The van der Waals surface area contributed by atoms with Gasteiger partial charge in [-0.3, -0.25) is 4.57 Å². The van der Waals surface area contributed by atoms with Gasteiger partial charge in [-0.05, 0) is 59.3 Å². The van der Waals surface area contributed by atoms with E-state index < -0.39 is 0 Å². The SMILES string of the molecule is c1ccc2c(c1)ccc1c(-c3cccc4c3oc3ccccc34)nc(-n3c4ccccc4c4cc5c(ccc6c7ccccc7oc56)cc43)nc12. The Morgan fingerprint density at radius 1 is 0.392 bits per heavy atom. The fraction of sp³-hybridized carbons (Fsp3) is 0. The number of rotatable bonds is 2. The maximum Gasteiger partial charge on any atom is 0.235 e. The van der Waals surface area contributed by atoms with E-state index >= 15 is 0 Å². The molecule has 0 saturated heterocycles. The maximum atomic E-state index is 6.57. The van der Waals surface area contributed by atoms with Crippen molar-refractivity contribution >= 4 is 98.1 Å². The summed E-state index contributed by atoms with van der Waals surface area (Å²) in [4.78, 5) is 10.9. The van der Waals surface area contributed by atoms with Crippen LogP contribution in [0.1, 0.15) is 0 Å². The number of benzene rings is 8. The highest BCUT2D eigenvalue weighted by Gasteiger charge is 2.22. The van der Waals surface area contributed by atoms with E-state index in [0.29, 0.717) is 5.95 Å². The summed E-state index contributed by atoms with van der Waals surface area (Å²) in [6, 6.07) is 53.0. The monoisotopic (exact) mass is 651 g/mol. The fourth-order valence-electron chi connectivity index (χ4n) is 8.28. The third-order valence-electron chi connectivity index (χ3n) is 10.6. The van der Waals surface area contributed by atoms with E-state index in [4.69, 9.17) is 18.8 Å². The quantitative estimate of drug-likeness (QED) is 0.175. The Balaban J connectivity index is 1.22. The highest BCUT2D eigenvalue weighted by Crippen LogP contribution is 2.42. The fourth-order valence-corrected chi connectivity index (χ4v) is 8.28. The van der Waals surface area contributed by atoms with Gasteiger partial charge < -0.3 is 8.83 Å². The summed E-state index contributed by atoms with van der Waals surface area (Å²) in [5, 5.41) is 12.0. The predicted molar refractivity (Wildman–Crippen MR) is 209 cm³/mol. The van der Waals surface area contributed by atoms with Crippen molar-refractivity contribution in [3.05, 3.63) is 152 Å². The van der Waals surface area contributed by atoms with Gasteiger partial charge in [0.1, 0.15) is 22.3 Å². The molecule has 0 fully saturated rings. The van der Waals surface area contributed by atoms with Crippen LogP contribution in [0, 0.1) is 0 Å². The Bertz CT molecular complexity index is 3440. The lowest BCUT2D eigenvalue weighted by atomic mass is 10.0. The van der Waals surface area contributed by atoms with Gasteiger partial charge in [0.15, 0.2) is 0 Å². The van der Waals surface area contributed by atoms with Crippen molar-refractivity contribution in [1.29, 1.82) is 0 Å². The number of hydrogen-bond donors (Lipinski definition) is 0. The Hall–Kier alpha value is -6.98. The Morgan fingerprint density at radius 2 is 1.04 bits per heavy atom. The topological polar surface area (TPSA) is 57.0 Å². The molecule has 12 aromatic rings. The molecule has 0 unspecified atom stereocenters. The average Bonchev–Trinajstić information content (AvgIpc) is 3.86. The second-order valence-electron chi connectivity index (χ2n) is 13.3. The number of nitrogens with zero attached hydrogens (tertiary/aromatic N) is 3. The molecule has 0 N–H and O–H groups in total. The first-order chi connectivity index (χ1) is 25.3. The molecule has 0 atom stereocenters. The van der Waals surface area contributed by atoms with Crippen LogP contribution in [0.25, 0.3) is 115 Å². The molecule has 236 valence electrons. The predicted octanol–water partition coefficient (Wildman–Crippen LogP) is 12.5. The molecule has 51 heavy (non-hydrogen) atoms. The minimum absolute atomic E-state index is 0.609. The molecule has 0 aliphatic heterocycles. The largest absolute Gasteiger partial charge is 0.455 e. The van der Waals surface area contributed by atoms with Crippen molar-refractivity contribution in [2.45, 2.75) is 0 Å². The Kier molecular flexibility index (Phi) is 5.17. The maximum absolute atomic E-state index is 6.57. The van der Waals surface area contributed by atoms with Crippen molar-refractivity contribution < 1.29 is 8.83 Å². The number of aromatic nitrogens is 3. The molecule has 0 spiro atoms. The van der Waals surface area contributed by atoms with Crippen molar-refractivity contribution in [1.82, 2.24) is 14.5 Å². The van der Waals surface area contributed by atoms with Crippen LogP contribution in [0.3, 0.4) is 0 Å². The van der Waals surface area contributed by atoms with Crippen molar-refractivity contribution in [2.24, 2.45) is 0 Å². The molecular weight excluding hydrogens is 627 g/mol. The number of para-hydroxylation sites is 4. The van der Waals surface area contributed by atoms with Crippen molar-refractivity contribution in [2.75, 3.05) is 0 Å². The highest BCUT2D eigenvalue weighted by molar-refractivity contribution is 6.21. The molecule has 0 bridgehead atoms. The number of furan rings is 2. The summed E-state index contributed by atoms with van der Waals surface area (Å²) >= 11 is 0. The van der Waals surface area contributed by atoms with Crippen LogP contribution < -0.4 is 0 Å². The molecule has 0 aliphatic rings. The smallest absolute Gasteiger partial charge is 0.235 e. The minimum Gasteiger partial charge on any atom is -0.455 e. The van der Waals surface area contributed by atoms with Crippen LogP contribution in [-0.2, 0) is 0 Å². The zero-order valence-corrected chi connectivity index (χ0v) is 27.1. The van der Waals surface area contributed by atoms with Gasteiger partial charge in [0.25, 0.3) is 0 Å². The van der Waals surface area contributed by atoms with E-state index in [0.717, 1.165) is 109 Å². The zero-order chi connectivity index (χ0) is 33.2. The van der Waals surface area contributed by atoms with E-state index in [-0.39, 0.29) is 0 Å². The molecule has 0 radical (unpaired) electrons. The molecule has 0 amide bonds. The third kappa shape index (κ3) is 3.64. The molecule has 0 aliphatic carbocycles. The van der Waals surface area contributed by atoms with Crippen LogP contribution in [-0.4, -0.2) is 14.5 Å². The molecule has 0 saturated carbocycles. The van der Waals surface area contributed by atoms with Crippen LogP contribution in [0.5, 0.6) is 0 Å². The molecule has 4 heterocycles. The van der Waals surface area contributed by atoms with Crippen LogP contribution in [0.2, 0.25) is 0 Å². The molecular formula is C46H25N3O2. The average molecular weight is 652 g/mol. The van der Waals surface area contributed by atoms with E-state index in [2.05, 4.69) is 132 Å². The summed E-state index contributed by atoms with van der Waals surface area (Å²) in [6.45, 7) is 0. The van der Waals surface area contributed by atoms with Gasteiger partial charge in [0.2, 0.25) is 5.95 Å². The number of fused-ring (bicyclic) bond motifs is 14. The van der Waals surface area contributed by atoms with Crippen molar-refractivity contribution in [3.63, 3.8) is 0 Å². The Labute approximate surface area is 289 Å². The first-order valence-corrected chi connectivity index (χ1v) is 17.2. The van der Waals surface area contributed by atoms with Gasteiger partial charge in [0.05, 0.1) is 22.2 Å².